The minimum absolute atomic E-state index is 0.0293. The van der Waals surface area contributed by atoms with Gasteiger partial charge in [0, 0.05) is 5.56 Å². The summed E-state index contributed by atoms with van der Waals surface area (Å²) in [5.74, 6) is 0. The van der Waals surface area contributed by atoms with Crippen molar-refractivity contribution in [3.63, 3.8) is 0 Å². The summed E-state index contributed by atoms with van der Waals surface area (Å²) >= 11 is 0. The molecule has 4 heteroatoms. The van der Waals surface area contributed by atoms with Crippen molar-refractivity contribution in [2.45, 2.75) is 13.0 Å². The molecular weight excluding hydrogens is 320 g/mol. The predicted molar refractivity (Wildman–Crippen MR) is 95.7 cm³/mol. The fourth-order valence-electron chi connectivity index (χ4n) is 2.53. The van der Waals surface area contributed by atoms with E-state index < -0.39 is 6.43 Å². The van der Waals surface area contributed by atoms with Gasteiger partial charge in [0.2, 0.25) is 0 Å². The molecule has 2 nitrogen and oxygen atoms in total. The summed E-state index contributed by atoms with van der Waals surface area (Å²) in [6, 6.07) is 24.0. The molecule has 0 radical (unpaired) electrons. The van der Waals surface area contributed by atoms with Crippen LogP contribution < -0.4 is 0 Å². The third-order valence-electron chi connectivity index (χ3n) is 3.76. The smallest absolute Gasteiger partial charge is 0.263 e. The highest BCUT2D eigenvalue weighted by Crippen LogP contribution is 2.24. The molecule has 0 aromatic heterocycles. The van der Waals surface area contributed by atoms with Crippen LogP contribution in [0.5, 0.6) is 0 Å². The van der Waals surface area contributed by atoms with Crippen molar-refractivity contribution in [2.75, 3.05) is 0 Å². The molecule has 0 saturated heterocycles. The molecule has 0 unspecified atom stereocenters. The lowest BCUT2D eigenvalue weighted by atomic mass is 10.0. The first kappa shape index (κ1) is 16.8. The topological polar surface area (TPSA) is 21.6 Å². The van der Waals surface area contributed by atoms with Crippen molar-refractivity contribution in [2.24, 2.45) is 5.16 Å². The number of hydrogen-bond donors (Lipinski definition) is 0. The van der Waals surface area contributed by atoms with Crippen molar-refractivity contribution >= 4 is 6.21 Å². The molecule has 25 heavy (non-hydrogen) atoms. The molecule has 0 saturated carbocycles. The van der Waals surface area contributed by atoms with Gasteiger partial charge in [0.25, 0.3) is 6.43 Å². The number of alkyl halides is 2. The zero-order chi connectivity index (χ0) is 17.5. The summed E-state index contributed by atoms with van der Waals surface area (Å²) in [5, 5.41) is 3.90. The van der Waals surface area contributed by atoms with Gasteiger partial charge in [-0.15, -0.1) is 0 Å². The van der Waals surface area contributed by atoms with Gasteiger partial charge in [-0.3, -0.25) is 0 Å². The van der Waals surface area contributed by atoms with Gasteiger partial charge in [-0.2, -0.15) is 0 Å². The van der Waals surface area contributed by atoms with E-state index in [2.05, 4.69) is 5.16 Å². The zero-order valence-electron chi connectivity index (χ0n) is 13.5. The molecule has 3 aromatic rings. The molecule has 0 aliphatic heterocycles. The quantitative estimate of drug-likeness (QED) is 0.409. The van der Waals surface area contributed by atoms with Gasteiger partial charge < -0.3 is 4.84 Å². The second-order valence-corrected chi connectivity index (χ2v) is 5.50. The van der Waals surface area contributed by atoms with Crippen LogP contribution in [0.3, 0.4) is 0 Å². The third-order valence-corrected chi connectivity index (χ3v) is 3.76. The van der Waals surface area contributed by atoms with Crippen LogP contribution >= 0.6 is 0 Å². The molecule has 3 aromatic carbocycles. The SMILES string of the molecule is FC(F)c1cccc(C=NOCc2ccccc2-c2ccccc2)c1. The van der Waals surface area contributed by atoms with Crippen molar-refractivity contribution in [1.82, 2.24) is 0 Å². The lowest BCUT2D eigenvalue weighted by Crippen LogP contribution is -1.93. The van der Waals surface area contributed by atoms with Gasteiger partial charge >= 0.3 is 0 Å². The average Bonchev–Trinajstić information content (AvgIpc) is 2.66. The Bertz CT molecular complexity index is 847. The van der Waals surface area contributed by atoms with Crippen molar-refractivity contribution in [3.8, 4) is 11.1 Å². The number of rotatable bonds is 6. The van der Waals surface area contributed by atoms with E-state index >= 15 is 0 Å². The maximum atomic E-state index is 12.7. The zero-order valence-corrected chi connectivity index (χ0v) is 13.5. The number of halogens is 2. The summed E-state index contributed by atoms with van der Waals surface area (Å²) in [5.41, 5.74) is 3.74. The average molecular weight is 337 g/mol. The van der Waals surface area contributed by atoms with Crippen LogP contribution in [0.15, 0.2) is 84.0 Å². The molecule has 0 heterocycles. The highest BCUT2D eigenvalue weighted by atomic mass is 19.3. The summed E-state index contributed by atoms with van der Waals surface area (Å²) in [4.78, 5) is 5.37. The van der Waals surface area contributed by atoms with Gasteiger partial charge in [-0.05, 0) is 28.3 Å². The van der Waals surface area contributed by atoms with E-state index in [0.717, 1.165) is 16.7 Å². The van der Waals surface area contributed by atoms with E-state index in [0.29, 0.717) is 12.2 Å². The molecular formula is C21H17F2NO. The molecule has 0 aliphatic rings. The Balaban J connectivity index is 1.68. The fraction of sp³-hybridized carbons (Fsp3) is 0.0952. The first-order valence-corrected chi connectivity index (χ1v) is 7.91. The molecule has 0 spiro atoms. The Morgan fingerprint density at radius 1 is 0.880 bits per heavy atom. The molecule has 0 fully saturated rings. The first-order valence-electron chi connectivity index (χ1n) is 7.91. The van der Waals surface area contributed by atoms with Crippen LogP contribution in [0.2, 0.25) is 0 Å². The minimum atomic E-state index is -2.49. The Hall–Kier alpha value is -3.01. The van der Waals surface area contributed by atoms with Crippen molar-refractivity contribution in [1.29, 1.82) is 0 Å². The van der Waals surface area contributed by atoms with Gasteiger partial charge in [-0.25, -0.2) is 8.78 Å². The predicted octanol–water partition coefficient (Wildman–Crippen LogP) is 5.84. The van der Waals surface area contributed by atoms with E-state index in [4.69, 9.17) is 4.84 Å². The normalized spacial score (nSPS) is 11.2. The van der Waals surface area contributed by atoms with E-state index in [-0.39, 0.29) is 5.56 Å². The molecule has 3 rings (SSSR count). The van der Waals surface area contributed by atoms with Crippen LogP contribution in [-0.4, -0.2) is 6.21 Å². The second-order valence-electron chi connectivity index (χ2n) is 5.50. The maximum absolute atomic E-state index is 12.7. The minimum Gasteiger partial charge on any atom is -0.391 e. The molecule has 0 bridgehead atoms. The summed E-state index contributed by atoms with van der Waals surface area (Å²) in [7, 11) is 0. The van der Waals surface area contributed by atoms with E-state index in [9.17, 15) is 8.78 Å². The standard InChI is InChI=1S/C21H17F2NO/c22-21(23)18-11-6-7-16(13-18)14-24-25-15-19-10-4-5-12-20(19)17-8-2-1-3-9-17/h1-14,21H,15H2. The lowest BCUT2D eigenvalue weighted by molar-refractivity contribution is 0.132. The number of nitrogens with zero attached hydrogens (tertiary/aromatic N) is 1. The summed E-state index contributed by atoms with van der Waals surface area (Å²) in [6.07, 6.45) is -1.05. The van der Waals surface area contributed by atoms with E-state index in [1.807, 2.05) is 54.6 Å². The Labute approximate surface area is 145 Å². The fourth-order valence-corrected chi connectivity index (χ4v) is 2.53. The molecule has 0 atom stereocenters. The van der Waals surface area contributed by atoms with Crippen molar-refractivity contribution in [3.05, 3.63) is 95.6 Å². The number of benzene rings is 3. The van der Waals surface area contributed by atoms with Crippen LogP contribution in [0.4, 0.5) is 8.78 Å². The summed E-state index contributed by atoms with van der Waals surface area (Å²) < 4.78 is 25.4. The Morgan fingerprint density at radius 3 is 2.44 bits per heavy atom. The van der Waals surface area contributed by atoms with Gasteiger partial charge in [0.15, 0.2) is 0 Å². The largest absolute Gasteiger partial charge is 0.391 e. The van der Waals surface area contributed by atoms with Crippen LogP contribution in [0.25, 0.3) is 11.1 Å². The van der Waals surface area contributed by atoms with E-state index in [1.165, 1.54) is 18.3 Å². The van der Waals surface area contributed by atoms with E-state index in [1.54, 1.807) is 12.1 Å². The van der Waals surface area contributed by atoms with Crippen LogP contribution in [-0.2, 0) is 11.4 Å². The molecule has 0 aliphatic carbocycles. The third kappa shape index (κ3) is 4.51. The van der Waals surface area contributed by atoms with Gasteiger partial charge in [0.05, 0.1) is 6.21 Å². The second kappa shape index (κ2) is 8.20. The van der Waals surface area contributed by atoms with Gasteiger partial charge in [-0.1, -0.05) is 78.0 Å². The lowest BCUT2D eigenvalue weighted by Gasteiger charge is -2.08. The van der Waals surface area contributed by atoms with Crippen LogP contribution in [0, 0.1) is 0 Å². The Morgan fingerprint density at radius 2 is 1.64 bits per heavy atom. The Kier molecular flexibility index (Phi) is 5.52. The maximum Gasteiger partial charge on any atom is 0.263 e. The van der Waals surface area contributed by atoms with Crippen LogP contribution in [0.1, 0.15) is 23.1 Å². The highest BCUT2D eigenvalue weighted by molar-refractivity contribution is 5.79. The summed E-state index contributed by atoms with van der Waals surface area (Å²) in [6.45, 7) is 0.302. The number of hydrogen-bond acceptors (Lipinski definition) is 2. The highest BCUT2D eigenvalue weighted by Gasteiger charge is 2.06. The monoisotopic (exact) mass is 337 g/mol. The molecule has 0 amide bonds. The molecule has 126 valence electrons. The molecule has 0 N–H and O–H groups in total. The number of oxime groups is 1. The van der Waals surface area contributed by atoms with Gasteiger partial charge in [0.1, 0.15) is 6.61 Å². The van der Waals surface area contributed by atoms with Crippen molar-refractivity contribution < 1.29 is 13.6 Å². The first-order chi connectivity index (χ1) is 12.2.